The van der Waals surface area contributed by atoms with Crippen molar-refractivity contribution in [2.24, 2.45) is 0 Å². The summed E-state index contributed by atoms with van der Waals surface area (Å²) in [7, 11) is 1.61. The maximum absolute atomic E-state index is 13.0. The van der Waals surface area contributed by atoms with Gasteiger partial charge in [-0.05, 0) is 42.3 Å². The van der Waals surface area contributed by atoms with Crippen LogP contribution < -0.4 is 10.1 Å². The Labute approximate surface area is 117 Å². The summed E-state index contributed by atoms with van der Waals surface area (Å²) in [4.78, 5) is 11.9. The van der Waals surface area contributed by atoms with Gasteiger partial charge in [0.2, 0.25) is 5.91 Å². The van der Waals surface area contributed by atoms with Crippen molar-refractivity contribution >= 4 is 11.6 Å². The summed E-state index contributed by atoms with van der Waals surface area (Å²) in [6, 6.07) is 11.4. The van der Waals surface area contributed by atoms with Gasteiger partial charge in [0.1, 0.15) is 11.6 Å². The number of ether oxygens (including phenoxy) is 1. The molecule has 0 bridgehead atoms. The normalized spacial score (nSPS) is 10.2. The molecule has 0 aliphatic rings. The van der Waals surface area contributed by atoms with E-state index >= 15 is 0 Å². The maximum atomic E-state index is 13.0. The highest BCUT2D eigenvalue weighted by molar-refractivity contribution is 5.92. The molecule has 104 valence electrons. The molecule has 0 heterocycles. The molecule has 3 nitrogen and oxygen atoms in total. The summed E-state index contributed by atoms with van der Waals surface area (Å²) in [5.74, 6) is 0.238. The van der Waals surface area contributed by atoms with Crippen molar-refractivity contribution in [1.82, 2.24) is 0 Å². The number of nitrogens with one attached hydrogen (secondary N) is 1. The van der Waals surface area contributed by atoms with E-state index in [2.05, 4.69) is 5.32 Å². The van der Waals surface area contributed by atoms with Crippen LogP contribution in [0.15, 0.2) is 42.5 Å². The molecular weight excluding hydrogens is 257 g/mol. The standard InChI is InChI=1S/C16H16FNO2/c1-11-8-12(6-7-15(11)20-2)9-16(19)18-14-5-3-4-13(17)10-14/h3-8,10H,9H2,1-2H3,(H,18,19). The number of anilines is 1. The van der Waals surface area contributed by atoms with Crippen molar-refractivity contribution in [3.63, 3.8) is 0 Å². The average Bonchev–Trinajstić information content (AvgIpc) is 2.38. The minimum absolute atomic E-state index is 0.180. The molecule has 0 fully saturated rings. The van der Waals surface area contributed by atoms with Crippen molar-refractivity contribution < 1.29 is 13.9 Å². The molecule has 20 heavy (non-hydrogen) atoms. The van der Waals surface area contributed by atoms with Crippen molar-refractivity contribution in [2.45, 2.75) is 13.3 Å². The van der Waals surface area contributed by atoms with Gasteiger partial charge in [0.05, 0.1) is 13.5 Å². The smallest absolute Gasteiger partial charge is 0.228 e. The molecule has 2 aromatic rings. The number of methoxy groups -OCH3 is 1. The van der Waals surface area contributed by atoms with Gasteiger partial charge in [0, 0.05) is 5.69 Å². The lowest BCUT2D eigenvalue weighted by Crippen LogP contribution is -2.14. The zero-order valence-corrected chi connectivity index (χ0v) is 11.4. The molecule has 0 atom stereocenters. The highest BCUT2D eigenvalue weighted by Crippen LogP contribution is 2.19. The van der Waals surface area contributed by atoms with Gasteiger partial charge < -0.3 is 10.1 Å². The van der Waals surface area contributed by atoms with Gasteiger partial charge in [0.15, 0.2) is 0 Å². The summed E-state index contributed by atoms with van der Waals surface area (Å²) < 4.78 is 18.2. The largest absolute Gasteiger partial charge is 0.496 e. The lowest BCUT2D eigenvalue weighted by atomic mass is 10.1. The van der Waals surface area contributed by atoms with Gasteiger partial charge >= 0.3 is 0 Å². The Morgan fingerprint density at radius 1 is 1.25 bits per heavy atom. The molecule has 0 radical (unpaired) electrons. The number of carbonyl (C=O) groups excluding carboxylic acids is 1. The SMILES string of the molecule is COc1ccc(CC(=O)Nc2cccc(F)c2)cc1C. The molecule has 1 amide bonds. The number of hydrogen-bond donors (Lipinski definition) is 1. The number of hydrogen-bond acceptors (Lipinski definition) is 2. The van der Waals surface area contributed by atoms with Crippen LogP contribution in [-0.4, -0.2) is 13.0 Å². The number of rotatable bonds is 4. The van der Waals surface area contributed by atoms with Gasteiger partial charge in [0.25, 0.3) is 0 Å². The van der Waals surface area contributed by atoms with Crippen molar-refractivity contribution in [3.8, 4) is 5.75 Å². The summed E-state index contributed by atoms with van der Waals surface area (Å²) in [6.07, 6.45) is 0.237. The third-order valence-electron chi connectivity index (χ3n) is 2.93. The Morgan fingerprint density at radius 3 is 2.70 bits per heavy atom. The van der Waals surface area contributed by atoms with Gasteiger partial charge in [-0.3, -0.25) is 4.79 Å². The molecule has 0 saturated heterocycles. The zero-order chi connectivity index (χ0) is 14.5. The van der Waals surface area contributed by atoms with Crippen molar-refractivity contribution in [1.29, 1.82) is 0 Å². The predicted molar refractivity (Wildman–Crippen MR) is 76.5 cm³/mol. The second-order valence-corrected chi connectivity index (χ2v) is 4.54. The van der Waals surface area contributed by atoms with E-state index < -0.39 is 0 Å². The molecule has 0 unspecified atom stereocenters. The van der Waals surface area contributed by atoms with Crippen LogP contribution in [0.5, 0.6) is 5.75 Å². The Bertz CT molecular complexity index is 626. The van der Waals surface area contributed by atoms with Crippen LogP contribution in [0.3, 0.4) is 0 Å². The quantitative estimate of drug-likeness (QED) is 0.928. The van der Waals surface area contributed by atoms with Crippen LogP contribution in [-0.2, 0) is 11.2 Å². The molecule has 0 spiro atoms. The maximum Gasteiger partial charge on any atom is 0.228 e. The van der Waals surface area contributed by atoms with Crippen molar-refractivity contribution in [2.75, 3.05) is 12.4 Å². The second-order valence-electron chi connectivity index (χ2n) is 4.54. The summed E-state index contributed by atoms with van der Waals surface area (Å²) in [5.41, 5.74) is 2.32. The molecule has 2 aromatic carbocycles. The molecule has 4 heteroatoms. The molecular formula is C16H16FNO2. The van der Waals surface area contributed by atoms with Crippen LogP contribution in [0.1, 0.15) is 11.1 Å². The predicted octanol–water partition coefficient (Wildman–Crippen LogP) is 3.32. The van der Waals surface area contributed by atoms with E-state index in [1.807, 2.05) is 25.1 Å². The summed E-state index contributed by atoms with van der Waals surface area (Å²) >= 11 is 0. The highest BCUT2D eigenvalue weighted by atomic mass is 19.1. The first-order valence-electron chi connectivity index (χ1n) is 6.27. The van der Waals surface area contributed by atoms with Gasteiger partial charge in [-0.1, -0.05) is 18.2 Å². The minimum atomic E-state index is -0.372. The number of benzene rings is 2. The van der Waals surface area contributed by atoms with Crippen LogP contribution >= 0.6 is 0 Å². The number of aryl methyl sites for hydroxylation is 1. The molecule has 2 rings (SSSR count). The van der Waals surface area contributed by atoms with E-state index in [1.165, 1.54) is 12.1 Å². The van der Waals surface area contributed by atoms with E-state index in [0.717, 1.165) is 16.9 Å². The minimum Gasteiger partial charge on any atom is -0.496 e. The highest BCUT2D eigenvalue weighted by Gasteiger charge is 2.06. The Kier molecular flexibility index (Phi) is 4.35. The Balaban J connectivity index is 2.03. The van der Waals surface area contributed by atoms with Crippen LogP contribution in [0, 0.1) is 12.7 Å². The van der Waals surface area contributed by atoms with E-state index in [4.69, 9.17) is 4.74 Å². The monoisotopic (exact) mass is 273 g/mol. The third-order valence-corrected chi connectivity index (χ3v) is 2.93. The number of amides is 1. The van der Waals surface area contributed by atoms with Gasteiger partial charge in [-0.2, -0.15) is 0 Å². The van der Waals surface area contributed by atoms with E-state index in [1.54, 1.807) is 19.2 Å². The van der Waals surface area contributed by atoms with Crippen LogP contribution in [0.2, 0.25) is 0 Å². The van der Waals surface area contributed by atoms with E-state index in [9.17, 15) is 9.18 Å². The molecule has 0 aliphatic heterocycles. The zero-order valence-electron chi connectivity index (χ0n) is 11.4. The molecule has 0 saturated carbocycles. The van der Waals surface area contributed by atoms with E-state index in [-0.39, 0.29) is 18.1 Å². The number of halogens is 1. The molecule has 0 aliphatic carbocycles. The van der Waals surface area contributed by atoms with Gasteiger partial charge in [-0.15, -0.1) is 0 Å². The summed E-state index contributed by atoms with van der Waals surface area (Å²) in [6.45, 7) is 1.92. The first kappa shape index (κ1) is 14.1. The second kappa shape index (κ2) is 6.19. The Morgan fingerprint density at radius 2 is 2.05 bits per heavy atom. The van der Waals surface area contributed by atoms with Crippen LogP contribution in [0.25, 0.3) is 0 Å². The number of carbonyl (C=O) groups is 1. The van der Waals surface area contributed by atoms with E-state index in [0.29, 0.717) is 5.69 Å². The fourth-order valence-corrected chi connectivity index (χ4v) is 2.01. The first-order chi connectivity index (χ1) is 9.58. The van der Waals surface area contributed by atoms with Gasteiger partial charge in [-0.25, -0.2) is 4.39 Å². The molecule has 1 N–H and O–H groups in total. The fourth-order valence-electron chi connectivity index (χ4n) is 2.01. The topological polar surface area (TPSA) is 38.3 Å². The lowest BCUT2D eigenvalue weighted by molar-refractivity contribution is -0.115. The first-order valence-corrected chi connectivity index (χ1v) is 6.27. The van der Waals surface area contributed by atoms with Crippen LogP contribution in [0.4, 0.5) is 10.1 Å². The molecule has 0 aromatic heterocycles. The summed E-state index contributed by atoms with van der Waals surface area (Å²) in [5, 5.41) is 2.67. The fraction of sp³-hybridized carbons (Fsp3) is 0.188. The average molecular weight is 273 g/mol. The Hall–Kier alpha value is -2.36. The lowest BCUT2D eigenvalue weighted by Gasteiger charge is -2.08. The third kappa shape index (κ3) is 3.57. The van der Waals surface area contributed by atoms with Crippen molar-refractivity contribution in [3.05, 3.63) is 59.4 Å².